The second-order valence-electron chi connectivity index (χ2n) is 8.13. The average Bonchev–Trinajstić information content (AvgIpc) is 3.01. The van der Waals surface area contributed by atoms with Gasteiger partial charge in [0.1, 0.15) is 5.82 Å². The molecule has 1 aromatic carbocycles. The van der Waals surface area contributed by atoms with Crippen molar-refractivity contribution in [3.8, 4) is 0 Å². The molecule has 184 valence electrons. The number of anilines is 1. The van der Waals surface area contributed by atoms with E-state index in [9.17, 15) is 29.0 Å². The molecule has 0 aliphatic heterocycles. The molecule has 0 fully saturated rings. The zero-order valence-corrected chi connectivity index (χ0v) is 19.3. The van der Waals surface area contributed by atoms with Gasteiger partial charge in [-0.25, -0.2) is 4.39 Å². The lowest BCUT2D eigenvalue weighted by atomic mass is 10.0. The highest BCUT2D eigenvalue weighted by atomic mass is 19.1. The molecule has 2 amide bonds. The van der Waals surface area contributed by atoms with E-state index in [1.165, 1.54) is 18.2 Å². The standard InChI is InChI=1S/C24H30FN3O6/c1-13(19-9-16(25)4-5-20(19)27-12-29)8-21-14(2)23(15(3)28-21)24(34)26-7-6-17(30)10-18(31)11-22(32)33/h4-5,8-9,12,17-18,28,30-31H,6-7,10-11H2,1-3H3,(H,26,34)(H,27,29)(H,32,33)/b13-8+. The van der Waals surface area contributed by atoms with Gasteiger partial charge in [0, 0.05) is 29.2 Å². The lowest BCUT2D eigenvalue weighted by Gasteiger charge is -2.14. The topological polar surface area (TPSA) is 152 Å². The normalized spacial score (nSPS) is 13.3. The summed E-state index contributed by atoms with van der Waals surface area (Å²) in [7, 11) is 0. The van der Waals surface area contributed by atoms with Gasteiger partial charge in [0.2, 0.25) is 6.41 Å². The van der Waals surface area contributed by atoms with E-state index in [1.807, 2.05) is 0 Å². The first kappa shape index (κ1) is 26.7. The minimum atomic E-state index is -1.16. The molecule has 1 aromatic heterocycles. The van der Waals surface area contributed by atoms with E-state index in [1.54, 1.807) is 26.8 Å². The minimum absolute atomic E-state index is 0.0976. The largest absolute Gasteiger partial charge is 0.481 e. The van der Waals surface area contributed by atoms with Crippen molar-refractivity contribution < 1.29 is 34.1 Å². The third kappa shape index (κ3) is 7.26. The molecule has 2 unspecified atom stereocenters. The minimum Gasteiger partial charge on any atom is -0.481 e. The molecule has 6 N–H and O–H groups in total. The number of carbonyl (C=O) groups excluding carboxylic acids is 2. The molecule has 9 nitrogen and oxygen atoms in total. The van der Waals surface area contributed by atoms with Crippen molar-refractivity contribution in [3.05, 3.63) is 52.1 Å². The van der Waals surface area contributed by atoms with Crippen LogP contribution in [-0.4, -0.2) is 57.3 Å². The fourth-order valence-corrected chi connectivity index (χ4v) is 3.74. The molecular weight excluding hydrogens is 445 g/mol. The molecular formula is C24H30FN3O6. The summed E-state index contributed by atoms with van der Waals surface area (Å²) < 4.78 is 13.8. The maximum Gasteiger partial charge on any atom is 0.305 e. The zero-order chi connectivity index (χ0) is 25.4. The third-order valence-corrected chi connectivity index (χ3v) is 5.40. The number of rotatable bonds is 12. The van der Waals surface area contributed by atoms with Crippen LogP contribution in [0, 0.1) is 19.7 Å². The Labute approximate surface area is 196 Å². The predicted octanol–water partition coefficient (Wildman–Crippen LogP) is 2.61. The Morgan fingerprint density at radius 3 is 2.56 bits per heavy atom. The van der Waals surface area contributed by atoms with Crippen LogP contribution in [0.3, 0.4) is 0 Å². The van der Waals surface area contributed by atoms with E-state index in [0.717, 1.165) is 0 Å². The SMILES string of the molecule is C/C(=C\c1[nH]c(C)c(C(=O)NCCC(O)CC(O)CC(=O)O)c1C)c1cc(F)ccc1NC=O. The Bertz CT molecular complexity index is 1080. The number of benzene rings is 1. The summed E-state index contributed by atoms with van der Waals surface area (Å²) in [6.45, 7) is 5.41. The molecule has 0 saturated carbocycles. The monoisotopic (exact) mass is 475 g/mol. The van der Waals surface area contributed by atoms with Crippen LogP contribution in [0.2, 0.25) is 0 Å². The number of aromatic nitrogens is 1. The molecule has 0 spiro atoms. The zero-order valence-electron chi connectivity index (χ0n) is 19.3. The number of allylic oxidation sites excluding steroid dienone is 1. The van der Waals surface area contributed by atoms with Gasteiger partial charge in [0.25, 0.3) is 5.91 Å². The Hall–Kier alpha value is -3.50. The Morgan fingerprint density at radius 1 is 1.21 bits per heavy atom. The first-order valence-corrected chi connectivity index (χ1v) is 10.8. The van der Waals surface area contributed by atoms with E-state index in [0.29, 0.717) is 45.7 Å². The van der Waals surface area contributed by atoms with Crippen molar-refractivity contribution in [2.24, 2.45) is 0 Å². The van der Waals surface area contributed by atoms with Gasteiger partial charge in [-0.1, -0.05) is 0 Å². The van der Waals surface area contributed by atoms with Crippen LogP contribution in [-0.2, 0) is 9.59 Å². The molecule has 2 rings (SSSR count). The number of halogens is 1. The van der Waals surface area contributed by atoms with Crippen molar-refractivity contribution in [2.75, 3.05) is 11.9 Å². The first-order chi connectivity index (χ1) is 16.0. The third-order valence-electron chi connectivity index (χ3n) is 5.40. The molecule has 1 heterocycles. The summed E-state index contributed by atoms with van der Waals surface area (Å²) in [5.74, 6) is -1.95. The van der Waals surface area contributed by atoms with Gasteiger partial charge in [0.05, 0.1) is 24.2 Å². The van der Waals surface area contributed by atoms with E-state index >= 15 is 0 Å². The van der Waals surface area contributed by atoms with Gasteiger partial charge >= 0.3 is 5.97 Å². The van der Waals surface area contributed by atoms with Gasteiger partial charge in [-0.05, 0) is 69.0 Å². The van der Waals surface area contributed by atoms with Crippen molar-refractivity contribution in [3.63, 3.8) is 0 Å². The summed E-state index contributed by atoms with van der Waals surface area (Å²) in [6, 6.07) is 4.03. The number of carboxylic acids is 1. The summed E-state index contributed by atoms with van der Waals surface area (Å²) >= 11 is 0. The molecule has 0 aliphatic rings. The molecule has 0 radical (unpaired) electrons. The summed E-state index contributed by atoms with van der Waals surface area (Å²) in [5, 5.41) is 33.5. The van der Waals surface area contributed by atoms with Crippen LogP contribution in [0.25, 0.3) is 11.6 Å². The number of hydrogen-bond acceptors (Lipinski definition) is 5. The number of aliphatic hydroxyl groups is 2. The fourth-order valence-electron chi connectivity index (χ4n) is 3.74. The lowest BCUT2D eigenvalue weighted by molar-refractivity contribution is -0.139. The Balaban J connectivity index is 2.10. The number of aliphatic carboxylic acids is 1. The highest BCUT2D eigenvalue weighted by Crippen LogP contribution is 2.28. The van der Waals surface area contributed by atoms with E-state index in [-0.39, 0.29) is 25.3 Å². The van der Waals surface area contributed by atoms with Crippen molar-refractivity contribution in [1.29, 1.82) is 0 Å². The second-order valence-corrected chi connectivity index (χ2v) is 8.13. The highest BCUT2D eigenvalue weighted by Gasteiger charge is 2.19. The number of hydrogen-bond donors (Lipinski definition) is 6. The van der Waals surface area contributed by atoms with E-state index < -0.39 is 30.4 Å². The lowest BCUT2D eigenvalue weighted by Crippen LogP contribution is -2.29. The Kier molecular flexibility index (Phi) is 9.52. The number of carboxylic acid groups (broad SMARTS) is 1. The van der Waals surface area contributed by atoms with Crippen LogP contribution in [0.1, 0.15) is 59.1 Å². The molecule has 2 atom stereocenters. The number of aliphatic hydroxyl groups excluding tert-OH is 2. The second kappa shape index (κ2) is 12.1. The number of nitrogens with one attached hydrogen (secondary N) is 3. The molecule has 0 saturated heterocycles. The quantitative estimate of drug-likeness (QED) is 0.260. The average molecular weight is 476 g/mol. The van der Waals surface area contributed by atoms with Crippen molar-refractivity contribution in [2.45, 2.75) is 52.2 Å². The van der Waals surface area contributed by atoms with E-state index in [2.05, 4.69) is 15.6 Å². The molecule has 34 heavy (non-hydrogen) atoms. The Morgan fingerprint density at radius 2 is 1.91 bits per heavy atom. The number of carbonyl (C=O) groups is 3. The fraction of sp³-hybridized carbons (Fsp3) is 0.375. The predicted molar refractivity (Wildman–Crippen MR) is 126 cm³/mol. The maximum atomic E-state index is 13.8. The van der Waals surface area contributed by atoms with Crippen LogP contribution >= 0.6 is 0 Å². The van der Waals surface area contributed by atoms with Crippen LogP contribution in [0.4, 0.5) is 10.1 Å². The van der Waals surface area contributed by atoms with Gasteiger partial charge in [-0.3, -0.25) is 14.4 Å². The number of amides is 2. The van der Waals surface area contributed by atoms with Gasteiger partial charge in [0.15, 0.2) is 0 Å². The molecule has 10 heteroatoms. The van der Waals surface area contributed by atoms with Crippen molar-refractivity contribution >= 4 is 35.6 Å². The number of aromatic amines is 1. The molecule has 0 aliphatic carbocycles. The number of H-pyrrole nitrogens is 1. The number of aryl methyl sites for hydroxylation is 1. The van der Waals surface area contributed by atoms with E-state index in [4.69, 9.17) is 5.11 Å². The maximum absolute atomic E-state index is 13.8. The van der Waals surface area contributed by atoms with Gasteiger partial charge < -0.3 is 30.9 Å². The molecule has 0 bridgehead atoms. The van der Waals surface area contributed by atoms with Crippen LogP contribution < -0.4 is 10.6 Å². The molecule has 2 aromatic rings. The first-order valence-electron chi connectivity index (χ1n) is 10.8. The van der Waals surface area contributed by atoms with Crippen LogP contribution in [0.5, 0.6) is 0 Å². The summed E-state index contributed by atoms with van der Waals surface area (Å²) in [5.41, 5.74) is 4.01. The van der Waals surface area contributed by atoms with Gasteiger partial charge in [-0.2, -0.15) is 0 Å². The summed E-state index contributed by atoms with van der Waals surface area (Å²) in [6.07, 6.45) is -0.233. The highest BCUT2D eigenvalue weighted by molar-refractivity contribution is 5.98. The van der Waals surface area contributed by atoms with Gasteiger partial charge in [-0.15, -0.1) is 0 Å². The van der Waals surface area contributed by atoms with Crippen molar-refractivity contribution in [1.82, 2.24) is 10.3 Å². The summed E-state index contributed by atoms with van der Waals surface area (Å²) in [4.78, 5) is 37.3. The van der Waals surface area contributed by atoms with Crippen LogP contribution in [0.15, 0.2) is 18.2 Å². The smallest absolute Gasteiger partial charge is 0.305 e.